The Bertz CT molecular complexity index is 425. The zero-order valence-corrected chi connectivity index (χ0v) is 12.1. The highest BCUT2D eigenvalue weighted by atomic mass is 16.5. The molecule has 2 aliphatic carbocycles. The molecule has 0 radical (unpaired) electrons. The second-order valence-corrected chi connectivity index (χ2v) is 6.47. The van der Waals surface area contributed by atoms with Crippen LogP contribution in [-0.2, 0) is 5.41 Å². The van der Waals surface area contributed by atoms with E-state index in [0.717, 1.165) is 18.3 Å². The van der Waals surface area contributed by atoms with Crippen LogP contribution in [0.15, 0.2) is 4.52 Å². The standard InChI is InChI=1S/C15H25N3O/c1-3-10-16-12-7-5-4-6-11(12)13-17-14(18-19-13)15(2)8-9-15/h11-12,16H,3-10H2,1-2H3. The van der Waals surface area contributed by atoms with Crippen molar-refractivity contribution in [3.05, 3.63) is 11.7 Å². The molecule has 4 heteroatoms. The molecule has 106 valence electrons. The van der Waals surface area contributed by atoms with Crippen molar-refractivity contribution in [3.8, 4) is 0 Å². The molecule has 0 bridgehead atoms. The Kier molecular flexibility index (Phi) is 3.61. The summed E-state index contributed by atoms with van der Waals surface area (Å²) in [6.07, 6.45) is 8.60. The minimum Gasteiger partial charge on any atom is -0.339 e. The third-order valence-electron chi connectivity index (χ3n) is 4.72. The van der Waals surface area contributed by atoms with Crippen molar-refractivity contribution in [3.63, 3.8) is 0 Å². The Morgan fingerprint density at radius 3 is 2.84 bits per heavy atom. The van der Waals surface area contributed by atoms with Crippen LogP contribution in [0.1, 0.15) is 76.4 Å². The highest BCUT2D eigenvalue weighted by Crippen LogP contribution is 2.46. The minimum atomic E-state index is 0.211. The Labute approximate surface area is 115 Å². The second kappa shape index (κ2) is 5.23. The molecule has 1 N–H and O–H groups in total. The van der Waals surface area contributed by atoms with Crippen LogP contribution in [-0.4, -0.2) is 22.7 Å². The minimum absolute atomic E-state index is 0.211. The maximum absolute atomic E-state index is 5.58. The maximum Gasteiger partial charge on any atom is 0.231 e. The molecule has 19 heavy (non-hydrogen) atoms. The molecule has 1 heterocycles. The Balaban J connectivity index is 1.72. The summed E-state index contributed by atoms with van der Waals surface area (Å²) in [6, 6.07) is 0.522. The van der Waals surface area contributed by atoms with Gasteiger partial charge >= 0.3 is 0 Å². The van der Waals surface area contributed by atoms with E-state index >= 15 is 0 Å². The van der Waals surface area contributed by atoms with Gasteiger partial charge in [-0.25, -0.2) is 0 Å². The van der Waals surface area contributed by atoms with Gasteiger partial charge in [-0.1, -0.05) is 31.8 Å². The average Bonchev–Trinajstić information content (AvgIpc) is 3.00. The topological polar surface area (TPSA) is 51.0 Å². The molecular formula is C15H25N3O. The van der Waals surface area contributed by atoms with Crippen LogP contribution >= 0.6 is 0 Å². The van der Waals surface area contributed by atoms with E-state index in [1.54, 1.807) is 0 Å². The molecule has 2 saturated carbocycles. The van der Waals surface area contributed by atoms with E-state index in [2.05, 4.69) is 24.3 Å². The zero-order valence-electron chi connectivity index (χ0n) is 12.1. The van der Waals surface area contributed by atoms with Gasteiger partial charge in [-0.15, -0.1) is 0 Å². The lowest BCUT2D eigenvalue weighted by atomic mass is 9.84. The molecule has 0 aromatic carbocycles. The van der Waals surface area contributed by atoms with Crippen LogP contribution in [0.4, 0.5) is 0 Å². The fourth-order valence-corrected chi connectivity index (χ4v) is 3.04. The molecule has 3 rings (SSSR count). The van der Waals surface area contributed by atoms with Crippen LogP contribution in [0.3, 0.4) is 0 Å². The molecule has 0 saturated heterocycles. The zero-order chi connectivity index (χ0) is 13.3. The monoisotopic (exact) mass is 263 g/mol. The number of hydrogen-bond donors (Lipinski definition) is 1. The van der Waals surface area contributed by atoms with Crippen LogP contribution in [0.2, 0.25) is 0 Å². The lowest BCUT2D eigenvalue weighted by Crippen LogP contribution is -2.37. The highest BCUT2D eigenvalue weighted by Gasteiger charge is 2.44. The van der Waals surface area contributed by atoms with Crippen LogP contribution in [0.25, 0.3) is 0 Å². The van der Waals surface area contributed by atoms with Gasteiger partial charge in [0.1, 0.15) is 0 Å². The molecule has 2 atom stereocenters. The van der Waals surface area contributed by atoms with Gasteiger partial charge in [0.2, 0.25) is 5.89 Å². The quantitative estimate of drug-likeness (QED) is 0.886. The Morgan fingerprint density at radius 2 is 2.11 bits per heavy atom. The summed E-state index contributed by atoms with van der Waals surface area (Å²) in [5.41, 5.74) is 0.211. The third-order valence-corrected chi connectivity index (χ3v) is 4.72. The normalized spacial score (nSPS) is 29.4. The summed E-state index contributed by atoms with van der Waals surface area (Å²) in [7, 11) is 0. The van der Waals surface area contributed by atoms with E-state index in [-0.39, 0.29) is 5.41 Å². The molecule has 0 aliphatic heterocycles. The lowest BCUT2D eigenvalue weighted by Gasteiger charge is -2.29. The second-order valence-electron chi connectivity index (χ2n) is 6.47. The van der Waals surface area contributed by atoms with E-state index in [1.807, 2.05) is 0 Å². The first kappa shape index (κ1) is 13.1. The van der Waals surface area contributed by atoms with Gasteiger partial charge in [0, 0.05) is 11.5 Å². The van der Waals surface area contributed by atoms with Gasteiger partial charge < -0.3 is 9.84 Å². The molecule has 1 aromatic rings. The third kappa shape index (κ3) is 2.69. The van der Waals surface area contributed by atoms with Crippen molar-refractivity contribution < 1.29 is 4.52 Å². The fourth-order valence-electron chi connectivity index (χ4n) is 3.04. The number of rotatable bonds is 5. The Hall–Kier alpha value is -0.900. The van der Waals surface area contributed by atoms with E-state index in [4.69, 9.17) is 9.51 Å². The summed E-state index contributed by atoms with van der Waals surface area (Å²) >= 11 is 0. The Morgan fingerprint density at radius 1 is 1.32 bits per heavy atom. The van der Waals surface area contributed by atoms with Gasteiger partial charge in [0.25, 0.3) is 0 Å². The molecule has 1 aromatic heterocycles. The number of hydrogen-bond acceptors (Lipinski definition) is 4. The molecule has 0 spiro atoms. The predicted molar refractivity (Wildman–Crippen MR) is 74.2 cm³/mol. The number of nitrogens with one attached hydrogen (secondary N) is 1. The molecule has 2 aliphatic rings. The van der Waals surface area contributed by atoms with Crippen molar-refractivity contribution in [1.82, 2.24) is 15.5 Å². The summed E-state index contributed by atoms with van der Waals surface area (Å²) < 4.78 is 5.58. The number of nitrogens with zero attached hydrogens (tertiary/aromatic N) is 2. The first-order valence-corrected chi connectivity index (χ1v) is 7.80. The van der Waals surface area contributed by atoms with E-state index in [9.17, 15) is 0 Å². The van der Waals surface area contributed by atoms with Gasteiger partial charge in [0.15, 0.2) is 5.82 Å². The maximum atomic E-state index is 5.58. The van der Waals surface area contributed by atoms with Gasteiger partial charge in [-0.3, -0.25) is 0 Å². The first-order chi connectivity index (χ1) is 9.23. The van der Waals surface area contributed by atoms with Gasteiger partial charge in [0.05, 0.1) is 5.92 Å². The van der Waals surface area contributed by atoms with Crippen molar-refractivity contribution in [2.24, 2.45) is 0 Å². The lowest BCUT2D eigenvalue weighted by molar-refractivity contribution is 0.262. The first-order valence-electron chi connectivity index (χ1n) is 7.80. The van der Waals surface area contributed by atoms with Crippen LogP contribution < -0.4 is 5.32 Å². The van der Waals surface area contributed by atoms with E-state index in [1.165, 1.54) is 44.9 Å². The van der Waals surface area contributed by atoms with Crippen molar-refractivity contribution in [1.29, 1.82) is 0 Å². The number of aromatic nitrogens is 2. The van der Waals surface area contributed by atoms with Gasteiger partial charge in [-0.05, 0) is 38.6 Å². The van der Waals surface area contributed by atoms with Gasteiger partial charge in [-0.2, -0.15) is 4.98 Å². The average molecular weight is 263 g/mol. The fraction of sp³-hybridized carbons (Fsp3) is 0.867. The van der Waals surface area contributed by atoms with E-state index < -0.39 is 0 Å². The van der Waals surface area contributed by atoms with Crippen molar-refractivity contribution in [2.45, 2.75) is 76.2 Å². The van der Waals surface area contributed by atoms with Crippen molar-refractivity contribution >= 4 is 0 Å². The van der Waals surface area contributed by atoms with Crippen LogP contribution in [0.5, 0.6) is 0 Å². The molecule has 0 amide bonds. The SMILES string of the molecule is CCCNC1CCCCC1c1nc(C2(C)CC2)no1. The van der Waals surface area contributed by atoms with E-state index in [0.29, 0.717) is 12.0 Å². The molecular weight excluding hydrogens is 238 g/mol. The molecule has 2 fully saturated rings. The largest absolute Gasteiger partial charge is 0.339 e. The van der Waals surface area contributed by atoms with Crippen molar-refractivity contribution in [2.75, 3.05) is 6.54 Å². The highest BCUT2D eigenvalue weighted by molar-refractivity contribution is 5.15. The summed E-state index contributed by atoms with van der Waals surface area (Å²) in [4.78, 5) is 4.71. The summed E-state index contributed by atoms with van der Waals surface area (Å²) in [6.45, 7) is 5.53. The molecule has 2 unspecified atom stereocenters. The summed E-state index contributed by atoms with van der Waals surface area (Å²) in [5, 5.41) is 7.88. The smallest absolute Gasteiger partial charge is 0.231 e. The predicted octanol–water partition coefficient (Wildman–Crippen LogP) is 3.15. The molecule has 4 nitrogen and oxygen atoms in total. The summed E-state index contributed by atoms with van der Waals surface area (Å²) in [5.74, 6) is 2.22. The van der Waals surface area contributed by atoms with Crippen LogP contribution in [0, 0.1) is 0 Å².